The average Bonchev–Trinajstić information content (AvgIpc) is 3.46. The summed E-state index contributed by atoms with van der Waals surface area (Å²) in [5.74, 6) is -1.54. The van der Waals surface area contributed by atoms with Gasteiger partial charge in [0.25, 0.3) is 17.7 Å². The van der Waals surface area contributed by atoms with E-state index >= 15 is 0 Å². The number of nitriles is 2. The van der Waals surface area contributed by atoms with Crippen LogP contribution in [0.3, 0.4) is 0 Å². The van der Waals surface area contributed by atoms with Gasteiger partial charge in [-0.1, -0.05) is 29.8 Å². The molecule has 0 saturated carbocycles. The highest BCUT2D eigenvalue weighted by atomic mass is 35.5. The number of rotatable bonds is 13. The molecule has 0 unspecified atom stereocenters. The van der Waals surface area contributed by atoms with Crippen LogP contribution < -0.4 is 34.9 Å². The summed E-state index contributed by atoms with van der Waals surface area (Å²) in [4.78, 5) is 72.2. The van der Waals surface area contributed by atoms with Crippen LogP contribution in [0, 0.1) is 47.0 Å². The smallest absolute Gasteiger partial charge is 0.259 e. The molecule has 3 N–H and O–H groups in total. The van der Waals surface area contributed by atoms with E-state index in [1.165, 1.54) is 128 Å². The zero-order valence-corrected chi connectivity index (χ0v) is 43.0. The maximum atomic E-state index is 13.4. The zero-order chi connectivity index (χ0) is 57.3. The second-order valence-corrected chi connectivity index (χ2v) is 17.6. The fraction of sp³-hybridized carbons (Fsp3) is 0.0820. The number of amides is 3. The lowest BCUT2D eigenvalue weighted by molar-refractivity contribution is -0.114. The van der Waals surface area contributed by atoms with E-state index in [4.69, 9.17) is 41.1 Å². The number of hydrogen-bond donors (Lipinski definition) is 3. The van der Waals surface area contributed by atoms with Gasteiger partial charge in [0.15, 0.2) is 28.8 Å². The summed E-state index contributed by atoms with van der Waals surface area (Å²) >= 11 is 6.02. The van der Waals surface area contributed by atoms with Crippen molar-refractivity contribution in [3.63, 3.8) is 0 Å². The first-order chi connectivity index (χ1) is 38.5. The maximum Gasteiger partial charge on any atom is 0.259 e. The summed E-state index contributed by atoms with van der Waals surface area (Å²) in [5, 5.41) is 26.5. The van der Waals surface area contributed by atoms with Crippen LogP contribution in [0.5, 0.6) is 40.2 Å². The Morgan fingerprint density at radius 1 is 0.487 bits per heavy atom. The lowest BCUT2D eigenvalue weighted by Gasteiger charge is -2.15. The van der Waals surface area contributed by atoms with Crippen LogP contribution in [0.2, 0.25) is 5.02 Å². The molecule has 19 heteroatoms. The second kappa shape index (κ2) is 27.0. The van der Waals surface area contributed by atoms with Crippen molar-refractivity contribution in [1.29, 1.82) is 10.5 Å². The number of ether oxygens (including phenoxy) is 4. The van der Waals surface area contributed by atoms with Crippen LogP contribution in [-0.4, -0.2) is 42.2 Å². The number of aryl methyl sites for hydroxylation is 1. The van der Waals surface area contributed by atoms with E-state index in [0.717, 1.165) is 6.07 Å². The van der Waals surface area contributed by atoms with Crippen molar-refractivity contribution in [3.05, 3.63) is 243 Å². The third kappa shape index (κ3) is 16.0. The molecule has 400 valence electrons. The van der Waals surface area contributed by atoms with Crippen LogP contribution in [0.1, 0.15) is 67.0 Å². The maximum absolute atomic E-state index is 13.4. The predicted molar refractivity (Wildman–Crippen MR) is 287 cm³/mol. The summed E-state index contributed by atoms with van der Waals surface area (Å²) in [6.07, 6.45) is 14.9. The molecule has 0 spiro atoms. The second-order valence-electron chi connectivity index (χ2n) is 17.1. The minimum absolute atomic E-state index is 0.0858. The topological polar surface area (TPSA) is 223 Å². The Morgan fingerprint density at radius 3 is 1.35 bits per heavy atom. The van der Waals surface area contributed by atoms with E-state index in [2.05, 4.69) is 16.0 Å². The van der Waals surface area contributed by atoms with Crippen LogP contribution in [0.4, 0.5) is 13.2 Å². The van der Waals surface area contributed by atoms with Gasteiger partial charge in [0.2, 0.25) is 0 Å². The molecular formula is C61H43ClF3N5O10. The molecule has 0 aliphatic heterocycles. The van der Waals surface area contributed by atoms with Gasteiger partial charge in [-0.15, -0.1) is 0 Å². The first-order valence-corrected chi connectivity index (χ1v) is 24.3. The molecule has 0 atom stereocenters. The zero-order valence-electron chi connectivity index (χ0n) is 42.3. The fourth-order valence-corrected chi connectivity index (χ4v) is 7.55. The van der Waals surface area contributed by atoms with E-state index in [1.807, 2.05) is 12.1 Å². The van der Waals surface area contributed by atoms with Gasteiger partial charge < -0.3 is 34.9 Å². The number of nitrogens with one attached hydrogen (secondary N) is 3. The number of allylic oxidation sites excluding steroid dienone is 9. The molecule has 0 aromatic heterocycles. The summed E-state index contributed by atoms with van der Waals surface area (Å²) < 4.78 is 62.0. The van der Waals surface area contributed by atoms with Crippen molar-refractivity contribution in [2.24, 2.45) is 0 Å². The van der Waals surface area contributed by atoms with Crippen molar-refractivity contribution in [2.45, 2.75) is 26.2 Å². The number of ketones is 3. The highest BCUT2D eigenvalue weighted by Crippen LogP contribution is 2.35. The average molecular weight is 1100 g/mol. The number of benzene rings is 6. The van der Waals surface area contributed by atoms with E-state index < -0.39 is 29.4 Å². The standard InChI is InChI=1S/C21H15FN2O4.C20H15ClFNO3.C20H13FN2O3/c1-27-20-10-14(22)6-8-18(20)28-19-9-13(12-23)5-7-17(19)21(26)24-15-3-2-4-16(25)11-15;1-12-9-14(22)6-8-18(12)26-19-10-13(21)5-7-17(19)20(25)23-15-3-2-4-16(24)11-15;21-14-5-7-17(8-6-14)26-19-10-13(12-22)4-9-18(19)20(25)23-15-2-1-3-16(24)11-15/h2-3,5-11H,4H2,1H3,(H,24,26);2-3,5-11H,4H2,1H3,(H,23,25);1-2,4-11H,3H2,(H,23,25). The number of carbonyl (C=O) groups is 6. The molecule has 0 fully saturated rings. The van der Waals surface area contributed by atoms with Gasteiger partial charge in [-0.25, -0.2) is 13.2 Å². The number of halogens is 4. The van der Waals surface area contributed by atoms with Gasteiger partial charge in [0.05, 0.1) is 47.1 Å². The molecule has 0 heterocycles. The molecule has 3 amide bonds. The van der Waals surface area contributed by atoms with Gasteiger partial charge in [-0.3, -0.25) is 28.8 Å². The van der Waals surface area contributed by atoms with E-state index in [-0.39, 0.29) is 80.6 Å². The van der Waals surface area contributed by atoms with Crippen molar-refractivity contribution in [3.8, 4) is 52.4 Å². The highest BCUT2D eigenvalue weighted by molar-refractivity contribution is 6.31. The minimum atomic E-state index is -0.522. The van der Waals surface area contributed by atoms with Gasteiger partial charge >= 0.3 is 0 Å². The number of carbonyl (C=O) groups excluding carboxylic acids is 6. The Hall–Kier alpha value is -10.6. The third-order valence-corrected chi connectivity index (χ3v) is 11.5. The van der Waals surface area contributed by atoms with E-state index in [9.17, 15) is 41.9 Å². The van der Waals surface area contributed by atoms with Crippen molar-refractivity contribution in [1.82, 2.24) is 16.0 Å². The molecule has 15 nitrogen and oxygen atoms in total. The quantitative estimate of drug-likeness (QED) is 0.0982. The molecule has 9 rings (SSSR count). The monoisotopic (exact) mass is 1100 g/mol. The van der Waals surface area contributed by atoms with Crippen molar-refractivity contribution in [2.75, 3.05) is 7.11 Å². The minimum Gasteiger partial charge on any atom is -0.493 e. The first kappa shape index (κ1) is 57.2. The largest absolute Gasteiger partial charge is 0.493 e. The lowest BCUT2D eigenvalue weighted by Crippen LogP contribution is -2.24. The lowest BCUT2D eigenvalue weighted by atomic mass is 10.1. The van der Waals surface area contributed by atoms with Gasteiger partial charge in [0.1, 0.15) is 46.2 Å². The Kier molecular flexibility index (Phi) is 19.3. The van der Waals surface area contributed by atoms with Crippen LogP contribution >= 0.6 is 11.6 Å². The predicted octanol–water partition coefficient (Wildman–Crippen LogP) is 12.0. The van der Waals surface area contributed by atoms with E-state index in [0.29, 0.717) is 57.6 Å². The third-order valence-electron chi connectivity index (χ3n) is 11.2. The Balaban J connectivity index is 0.000000174. The van der Waals surface area contributed by atoms with Crippen LogP contribution in [0.25, 0.3) is 0 Å². The Bertz CT molecular complexity index is 3740. The van der Waals surface area contributed by atoms with Gasteiger partial charge in [0, 0.05) is 71.7 Å². The molecule has 0 saturated heterocycles. The summed E-state index contributed by atoms with van der Waals surface area (Å²) in [5.41, 5.74) is 2.87. The summed E-state index contributed by atoms with van der Waals surface area (Å²) in [6, 6.07) is 30.3. The Morgan fingerprint density at radius 2 is 0.900 bits per heavy atom. The molecular weight excluding hydrogens is 1060 g/mol. The summed E-state index contributed by atoms with van der Waals surface area (Å²) in [7, 11) is 1.36. The number of methoxy groups -OCH3 is 1. The molecule has 0 bridgehead atoms. The van der Waals surface area contributed by atoms with Gasteiger partial charge in [-0.05, 0) is 134 Å². The fourth-order valence-electron chi connectivity index (χ4n) is 7.39. The molecule has 6 aromatic rings. The molecule has 6 aromatic carbocycles. The first-order valence-electron chi connectivity index (χ1n) is 23.9. The summed E-state index contributed by atoms with van der Waals surface area (Å²) in [6.45, 7) is 1.70. The molecule has 3 aliphatic rings. The molecule has 3 aliphatic carbocycles. The normalized spacial score (nSPS) is 13.0. The SMILES string of the molecule is COc1cc(F)ccc1Oc1cc(C#N)ccc1C(=O)NC1=CC(=O)CC=C1.Cc1cc(F)ccc1Oc1cc(Cl)ccc1C(=O)NC1=CC(=O)CC=C1.N#Cc1ccc(C(=O)NC2=CC(=O)CC=C2)c(Oc2ccc(F)cc2)c1. The number of nitrogens with zero attached hydrogens (tertiary/aromatic N) is 2. The highest BCUT2D eigenvalue weighted by Gasteiger charge is 2.21. The molecule has 0 radical (unpaired) electrons. The molecule has 80 heavy (non-hydrogen) atoms. The van der Waals surface area contributed by atoms with Crippen molar-refractivity contribution >= 4 is 46.7 Å². The van der Waals surface area contributed by atoms with E-state index in [1.54, 1.807) is 49.4 Å². The van der Waals surface area contributed by atoms with Gasteiger partial charge in [-0.2, -0.15) is 10.5 Å². The number of hydrogen-bond acceptors (Lipinski definition) is 12. The van der Waals surface area contributed by atoms with Crippen LogP contribution in [0.15, 0.2) is 187 Å². The van der Waals surface area contributed by atoms with Crippen LogP contribution in [-0.2, 0) is 14.4 Å². The van der Waals surface area contributed by atoms with Crippen molar-refractivity contribution < 1.29 is 60.9 Å². The Labute approximate surface area is 460 Å².